The molecule has 0 spiro atoms. The fraction of sp³-hybridized carbons (Fsp3) is 0.889. The van der Waals surface area contributed by atoms with Crippen molar-refractivity contribution in [2.24, 2.45) is 11.8 Å². The van der Waals surface area contributed by atoms with Gasteiger partial charge in [0.25, 0.3) is 0 Å². The normalized spacial score (nSPS) is 35.9. The summed E-state index contributed by atoms with van der Waals surface area (Å²) in [5.74, 6) is 1.49. The summed E-state index contributed by atoms with van der Waals surface area (Å²) in [4.78, 5) is 13.6. The third-order valence-electron chi connectivity index (χ3n) is 2.84. The standard InChI is InChI=1S/C9H15NO/c1-7-6-8(7)9(11)10-4-2-3-5-10/h7-8H,2-6H2,1H3/t7-,8-/m1/s1. The van der Waals surface area contributed by atoms with Crippen LogP contribution < -0.4 is 0 Å². The Morgan fingerprint density at radius 2 is 1.91 bits per heavy atom. The number of hydrogen-bond acceptors (Lipinski definition) is 1. The molecule has 2 aliphatic rings. The average molecular weight is 153 g/mol. The number of nitrogens with zero attached hydrogens (tertiary/aromatic N) is 1. The Kier molecular flexibility index (Phi) is 1.63. The molecule has 2 heteroatoms. The van der Waals surface area contributed by atoms with Gasteiger partial charge in [0, 0.05) is 19.0 Å². The van der Waals surface area contributed by atoms with Crippen molar-refractivity contribution in [1.82, 2.24) is 4.90 Å². The fourth-order valence-electron chi connectivity index (χ4n) is 1.84. The first-order chi connectivity index (χ1) is 5.29. The molecule has 0 radical (unpaired) electrons. The average Bonchev–Trinajstić information content (AvgIpc) is 2.56. The van der Waals surface area contributed by atoms with E-state index in [1.54, 1.807) is 0 Å². The molecule has 0 N–H and O–H groups in total. The van der Waals surface area contributed by atoms with E-state index in [2.05, 4.69) is 6.92 Å². The predicted octanol–water partition coefficient (Wildman–Crippen LogP) is 1.26. The highest BCUT2D eigenvalue weighted by Crippen LogP contribution is 2.39. The molecule has 0 aromatic heterocycles. The largest absolute Gasteiger partial charge is 0.342 e. The van der Waals surface area contributed by atoms with Crippen LogP contribution >= 0.6 is 0 Å². The Morgan fingerprint density at radius 1 is 1.36 bits per heavy atom. The molecule has 2 fully saturated rings. The molecule has 1 amide bonds. The Labute approximate surface area is 67.6 Å². The Hall–Kier alpha value is -0.530. The van der Waals surface area contributed by atoms with Gasteiger partial charge in [0.2, 0.25) is 5.91 Å². The first kappa shape index (κ1) is 7.14. The van der Waals surface area contributed by atoms with Crippen LogP contribution in [0.15, 0.2) is 0 Å². The number of carbonyl (C=O) groups is 1. The lowest BCUT2D eigenvalue weighted by atomic mass is 10.3. The lowest BCUT2D eigenvalue weighted by Gasteiger charge is -2.14. The van der Waals surface area contributed by atoms with Crippen molar-refractivity contribution in [2.45, 2.75) is 26.2 Å². The van der Waals surface area contributed by atoms with Gasteiger partial charge >= 0.3 is 0 Å². The highest BCUT2D eigenvalue weighted by Gasteiger charge is 2.41. The highest BCUT2D eigenvalue weighted by atomic mass is 16.2. The molecule has 2 rings (SSSR count). The van der Waals surface area contributed by atoms with Gasteiger partial charge in [0.1, 0.15) is 0 Å². The van der Waals surface area contributed by atoms with Crippen LogP contribution in [0.3, 0.4) is 0 Å². The van der Waals surface area contributed by atoms with E-state index in [9.17, 15) is 4.79 Å². The molecule has 62 valence electrons. The number of hydrogen-bond donors (Lipinski definition) is 0. The second-order valence-electron chi connectivity index (χ2n) is 3.85. The maximum absolute atomic E-state index is 11.5. The molecule has 2 nitrogen and oxygen atoms in total. The maximum Gasteiger partial charge on any atom is 0.225 e. The maximum atomic E-state index is 11.5. The van der Waals surface area contributed by atoms with Gasteiger partial charge in [-0.25, -0.2) is 0 Å². The Bertz CT molecular complexity index is 172. The molecule has 1 aliphatic carbocycles. The summed E-state index contributed by atoms with van der Waals surface area (Å²) in [6.07, 6.45) is 3.56. The lowest BCUT2D eigenvalue weighted by Crippen LogP contribution is -2.29. The summed E-state index contributed by atoms with van der Waals surface area (Å²) in [7, 11) is 0. The van der Waals surface area contributed by atoms with Crippen molar-refractivity contribution in [3.63, 3.8) is 0 Å². The molecule has 11 heavy (non-hydrogen) atoms. The minimum atomic E-state index is 0.396. The molecule has 1 heterocycles. The van der Waals surface area contributed by atoms with Gasteiger partial charge in [-0.05, 0) is 25.2 Å². The van der Waals surface area contributed by atoms with Crippen molar-refractivity contribution in [3.05, 3.63) is 0 Å². The molecule has 1 saturated carbocycles. The van der Waals surface area contributed by atoms with Crippen LogP contribution in [0.25, 0.3) is 0 Å². The topological polar surface area (TPSA) is 20.3 Å². The van der Waals surface area contributed by atoms with Crippen LogP contribution in [-0.4, -0.2) is 23.9 Å². The first-order valence-electron chi connectivity index (χ1n) is 4.58. The number of rotatable bonds is 1. The molecule has 2 atom stereocenters. The van der Waals surface area contributed by atoms with E-state index in [1.807, 2.05) is 4.90 Å². The van der Waals surface area contributed by atoms with Crippen LogP contribution in [0.1, 0.15) is 26.2 Å². The molecule has 0 bridgehead atoms. The molecule has 0 aromatic rings. The summed E-state index contributed by atoms with van der Waals surface area (Å²) in [6.45, 7) is 4.20. The Morgan fingerprint density at radius 3 is 2.36 bits per heavy atom. The molecular weight excluding hydrogens is 138 g/mol. The molecular formula is C9H15NO. The SMILES string of the molecule is C[C@@H]1C[C@H]1C(=O)N1CCCC1. The number of likely N-dealkylation sites (tertiary alicyclic amines) is 1. The van der Waals surface area contributed by atoms with E-state index >= 15 is 0 Å². The smallest absolute Gasteiger partial charge is 0.225 e. The summed E-state index contributed by atoms with van der Waals surface area (Å²) in [5.41, 5.74) is 0. The van der Waals surface area contributed by atoms with Gasteiger partial charge < -0.3 is 4.90 Å². The minimum Gasteiger partial charge on any atom is -0.342 e. The summed E-state index contributed by atoms with van der Waals surface area (Å²) in [5, 5.41) is 0. The van der Waals surface area contributed by atoms with Gasteiger partial charge in [-0.2, -0.15) is 0 Å². The summed E-state index contributed by atoms with van der Waals surface area (Å²) < 4.78 is 0. The van der Waals surface area contributed by atoms with Gasteiger partial charge in [0.15, 0.2) is 0 Å². The molecule has 1 aliphatic heterocycles. The van der Waals surface area contributed by atoms with Gasteiger partial charge in [-0.1, -0.05) is 6.92 Å². The summed E-state index contributed by atoms with van der Waals surface area (Å²) >= 11 is 0. The van der Waals surface area contributed by atoms with Crippen molar-refractivity contribution in [2.75, 3.05) is 13.1 Å². The summed E-state index contributed by atoms with van der Waals surface area (Å²) in [6, 6.07) is 0. The van der Waals surface area contributed by atoms with E-state index in [0.29, 0.717) is 17.7 Å². The van der Waals surface area contributed by atoms with Crippen molar-refractivity contribution < 1.29 is 4.79 Å². The second kappa shape index (κ2) is 2.50. The van der Waals surface area contributed by atoms with Crippen LogP contribution in [0.5, 0.6) is 0 Å². The van der Waals surface area contributed by atoms with E-state index in [-0.39, 0.29) is 0 Å². The third-order valence-corrected chi connectivity index (χ3v) is 2.84. The number of carbonyl (C=O) groups excluding carboxylic acids is 1. The highest BCUT2D eigenvalue weighted by molar-refractivity contribution is 5.81. The molecule has 0 aromatic carbocycles. The van der Waals surface area contributed by atoms with E-state index in [4.69, 9.17) is 0 Å². The monoisotopic (exact) mass is 153 g/mol. The first-order valence-corrected chi connectivity index (χ1v) is 4.58. The third kappa shape index (κ3) is 1.26. The number of amides is 1. The van der Waals surface area contributed by atoms with Crippen molar-refractivity contribution in [3.8, 4) is 0 Å². The van der Waals surface area contributed by atoms with Crippen molar-refractivity contribution >= 4 is 5.91 Å². The lowest BCUT2D eigenvalue weighted by molar-refractivity contribution is -0.131. The van der Waals surface area contributed by atoms with Crippen molar-refractivity contribution in [1.29, 1.82) is 0 Å². The predicted molar refractivity (Wildman–Crippen MR) is 43.1 cm³/mol. The van der Waals surface area contributed by atoms with Gasteiger partial charge in [0.05, 0.1) is 0 Å². The van der Waals surface area contributed by atoms with E-state index in [0.717, 1.165) is 19.5 Å². The van der Waals surface area contributed by atoms with E-state index < -0.39 is 0 Å². The molecule has 0 unspecified atom stereocenters. The quantitative estimate of drug-likeness (QED) is 0.555. The zero-order valence-corrected chi connectivity index (χ0v) is 7.05. The van der Waals surface area contributed by atoms with Crippen LogP contribution in [0, 0.1) is 11.8 Å². The minimum absolute atomic E-state index is 0.396. The van der Waals surface area contributed by atoms with E-state index in [1.165, 1.54) is 12.8 Å². The van der Waals surface area contributed by atoms with Gasteiger partial charge in [-0.3, -0.25) is 4.79 Å². The fourth-order valence-corrected chi connectivity index (χ4v) is 1.84. The Balaban J connectivity index is 1.89. The van der Waals surface area contributed by atoms with Crippen LogP contribution in [0.2, 0.25) is 0 Å². The van der Waals surface area contributed by atoms with Crippen LogP contribution in [-0.2, 0) is 4.79 Å². The second-order valence-corrected chi connectivity index (χ2v) is 3.85. The van der Waals surface area contributed by atoms with Gasteiger partial charge in [-0.15, -0.1) is 0 Å². The zero-order chi connectivity index (χ0) is 7.84. The van der Waals surface area contributed by atoms with Crippen LogP contribution in [0.4, 0.5) is 0 Å². The molecule has 1 saturated heterocycles. The zero-order valence-electron chi connectivity index (χ0n) is 7.05.